The zero-order valence-corrected chi connectivity index (χ0v) is 18.7. The van der Waals surface area contributed by atoms with Crippen LogP contribution in [0.2, 0.25) is 5.02 Å². The van der Waals surface area contributed by atoms with Crippen molar-refractivity contribution in [2.75, 3.05) is 18.4 Å². The molecule has 2 N–H and O–H groups in total. The molecular formula is C23H25Cl2N3O3. The van der Waals surface area contributed by atoms with Gasteiger partial charge in [0, 0.05) is 31.8 Å². The van der Waals surface area contributed by atoms with Crippen molar-refractivity contribution in [2.45, 2.75) is 20.1 Å². The van der Waals surface area contributed by atoms with Gasteiger partial charge >= 0.3 is 0 Å². The summed E-state index contributed by atoms with van der Waals surface area (Å²) in [7, 11) is 0. The van der Waals surface area contributed by atoms with Gasteiger partial charge in [-0.1, -0.05) is 53.6 Å². The number of rotatable bonds is 10. The van der Waals surface area contributed by atoms with Crippen LogP contribution in [0.3, 0.4) is 0 Å². The van der Waals surface area contributed by atoms with Crippen LogP contribution in [-0.2, 0) is 13.2 Å². The van der Waals surface area contributed by atoms with Crippen LogP contribution >= 0.6 is 24.0 Å². The minimum absolute atomic E-state index is 0. The number of nitro groups is 1. The molecule has 0 unspecified atom stereocenters. The quantitative estimate of drug-likeness (QED) is 0.228. The molecule has 0 atom stereocenters. The summed E-state index contributed by atoms with van der Waals surface area (Å²) in [5.41, 5.74) is 4.20. The predicted molar refractivity (Wildman–Crippen MR) is 128 cm³/mol. The van der Waals surface area contributed by atoms with Gasteiger partial charge in [-0.25, -0.2) is 0 Å². The number of benzene rings is 3. The van der Waals surface area contributed by atoms with Crippen LogP contribution in [0.25, 0.3) is 0 Å². The van der Waals surface area contributed by atoms with E-state index in [0.29, 0.717) is 23.9 Å². The minimum Gasteiger partial charge on any atom is -0.489 e. The third kappa shape index (κ3) is 7.75. The van der Waals surface area contributed by atoms with Crippen LogP contribution in [0.5, 0.6) is 5.75 Å². The Morgan fingerprint density at radius 3 is 2.29 bits per heavy atom. The summed E-state index contributed by atoms with van der Waals surface area (Å²) >= 11 is 6.07. The van der Waals surface area contributed by atoms with Crippen molar-refractivity contribution < 1.29 is 9.66 Å². The Bertz CT molecular complexity index is 980. The van der Waals surface area contributed by atoms with Crippen molar-refractivity contribution >= 4 is 35.4 Å². The van der Waals surface area contributed by atoms with Crippen LogP contribution in [-0.4, -0.2) is 18.0 Å². The monoisotopic (exact) mass is 461 g/mol. The molecule has 0 amide bonds. The Hall–Kier alpha value is -2.80. The number of ether oxygens (including phenoxy) is 1. The van der Waals surface area contributed by atoms with E-state index in [-0.39, 0.29) is 18.1 Å². The molecule has 3 aromatic carbocycles. The van der Waals surface area contributed by atoms with E-state index in [1.807, 2.05) is 24.3 Å². The molecule has 0 spiro atoms. The van der Waals surface area contributed by atoms with Crippen molar-refractivity contribution in [3.8, 4) is 5.75 Å². The third-order valence-electron chi connectivity index (χ3n) is 4.56. The second kappa shape index (κ2) is 12.2. The van der Waals surface area contributed by atoms with Gasteiger partial charge in [-0.2, -0.15) is 0 Å². The first-order valence-corrected chi connectivity index (χ1v) is 10.0. The Morgan fingerprint density at radius 1 is 0.968 bits per heavy atom. The van der Waals surface area contributed by atoms with Crippen LogP contribution in [0.1, 0.15) is 16.7 Å². The van der Waals surface area contributed by atoms with Gasteiger partial charge < -0.3 is 15.4 Å². The van der Waals surface area contributed by atoms with Gasteiger partial charge in [0.1, 0.15) is 12.4 Å². The molecule has 3 aromatic rings. The highest BCUT2D eigenvalue weighted by molar-refractivity contribution is 6.33. The van der Waals surface area contributed by atoms with E-state index in [1.54, 1.807) is 6.07 Å². The lowest BCUT2D eigenvalue weighted by atomic mass is 10.2. The number of anilines is 1. The van der Waals surface area contributed by atoms with Crippen LogP contribution in [0.15, 0.2) is 66.7 Å². The van der Waals surface area contributed by atoms with Crippen molar-refractivity contribution in [2.24, 2.45) is 0 Å². The van der Waals surface area contributed by atoms with Crippen molar-refractivity contribution in [3.63, 3.8) is 0 Å². The van der Waals surface area contributed by atoms with E-state index in [9.17, 15) is 10.1 Å². The number of nitro benzene ring substituents is 1. The Balaban J connectivity index is 0.00000341. The van der Waals surface area contributed by atoms with Crippen LogP contribution < -0.4 is 15.4 Å². The topological polar surface area (TPSA) is 76.4 Å². The van der Waals surface area contributed by atoms with Crippen LogP contribution in [0.4, 0.5) is 11.4 Å². The predicted octanol–water partition coefficient (Wildman–Crippen LogP) is 5.76. The van der Waals surface area contributed by atoms with Gasteiger partial charge in [0.25, 0.3) is 5.69 Å². The Kier molecular flexibility index (Phi) is 9.59. The number of nitrogens with zero attached hydrogens (tertiary/aromatic N) is 1. The molecule has 6 nitrogen and oxygen atoms in total. The van der Waals surface area contributed by atoms with Gasteiger partial charge in [0.2, 0.25) is 0 Å². The van der Waals surface area contributed by atoms with E-state index in [0.717, 1.165) is 30.0 Å². The average Bonchev–Trinajstić information content (AvgIpc) is 2.75. The summed E-state index contributed by atoms with van der Waals surface area (Å²) in [6, 6.07) is 20.7. The molecule has 0 saturated carbocycles. The zero-order valence-electron chi connectivity index (χ0n) is 17.1. The summed E-state index contributed by atoms with van der Waals surface area (Å²) in [6.45, 7) is 4.72. The first-order chi connectivity index (χ1) is 14.5. The van der Waals surface area contributed by atoms with E-state index in [4.69, 9.17) is 16.3 Å². The summed E-state index contributed by atoms with van der Waals surface area (Å²) in [6.07, 6.45) is 0. The minimum atomic E-state index is -0.462. The summed E-state index contributed by atoms with van der Waals surface area (Å²) in [4.78, 5) is 10.3. The van der Waals surface area contributed by atoms with Gasteiger partial charge in [0.05, 0.1) is 15.6 Å². The molecule has 0 radical (unpaired) electrons. The normalized spacial score (nSPS) is 10.3. The third-order valence-corrected chi connectivity index (χ3v) is 4.87. The van der Waals surface area contributed by atoms with Gasteiger partial charge in [-0.15, -0.1) is 12.4 Å². The number of nitrogens with one attached hydrogen (secondary N) is 2. The van der Waals surface area contributed by atoms with E-state index in [2.05, 4.69) is 41.8 Å². The van der Waals surface area contributed by atoms with E-state index < -0.39 is 4.92 Å². The molecule has 0 bridgehead atoms. The maximum atomic E-state index is 10.7. The lowest BCUT2D eigenvalue weighted by molar-refractivity contribution is -0.384. The molecule has 0 aliphatic carbocycles. The highest BCUT2D eigenvalue weighted by atomic mass is 35.5. The molecule has 0 aromatic heterocycles. The molecule has 0 aliphatic rings. The second-order valence-corrected chi connectivity index (χ2v) is 7.35. The SMILES string of the molecule is Cc1ccc(COc2ccc(CNCCNc3ccc([N+](=O)[O-])cc3Cl)cc2)cc1.Cl. The van der Waals surface area contributed by atoms with Gasteiger partial charge in [-0.3, -0.25) is 10.1 Å². The number of non-ortho nitro benzene ring substituents is 1. The van der Waals surface area contributed by atoms with Crippen molar-refractivity contribution in [1.82, 2.24) is 5.32 Å². The molecule has 8 heteroatoms. The zero-order chi connectivity index (χ0) is 21.3. The molecular weight excluding hydrogens is 437 g/mol. The van der Waals surface area contributed by atoms with E-state index in [1.165, 1.54) is 17.7 Å². The average molecular weight is 462 g/mol. The smallest absolute Gasteiger partial charge is 0.271 e. The number of halogens is 2. The molecule has 164 valence electrons. The molecule has 0 heterocycles. The number of aryl methyl sites for hydroxylation is 1. The highest BCUT2D eigenvalue weighted by Gasteiger charge is 2.08. The molecule has 0 fully saturated rings. The summed E-state index contributed by atoms with van der Waals surface area (Å²) in [5.74, 6) is 0.841. The first-order valence-electron chi connectivity index (χ1n) is 9.67. The molecule has 3 rings (SSSR count). The fraction of sp³-hybridized carbons (Fsp3) is 0.217. The fourth-order valence-electron chi connectivity index (χ4n) is 2.83. The molecule has 0 saturated heterocycles. The van der Waals surface area contributed by atoms with Crippen molar-refractivity contribution in [3.05, 3.63) is 98.6 Å². The van der Waals surface area contributed by atoms with Crippen molar-refractivity contribution in [1.29, 1.82) is 0 Å². The second-order valence-electron chi connectivity index (χ2n) is 6.94. The first kappa shape index (κ1) is 24.5. The van der Waals surface area contributed by atoms with Gasteiger partial charge in [0.15, 0.2) is 0 Å². The largest absolute Gasteiger partial charge is 0.489 e. The summed E-state index contributed by atoms with van der Waals surface area (Å²) in [5, 5.41) is 17.6. The highest BCUT2D eigenvalue weighted by Crippen LogP contribution is 2.26. The maximum absolute atomic E-state index is 10.7. The van der Waals surface area contributed by atoms with Crippen LogP contribution in [0, 0.1) is 17.0 Å². The number of hydrogen-bond acceptors (Lipinski definition) is 5. The standard InChI is InChI=1S/C23H24ClN3O3.ClH/c1-17-2-4-19(5-3-17)16-30-21-9-6-18(7-10-21)15-25-12-13-26-23-11-8-20(27(28)29)14-22(23)24;/h2-11,14,25-26H,12-13,15-16H2,1H3;1H. The number of hydrogen-bond donors (Lipinski definition) is 2. The Morgan fingerprint density at radius 2 is 1.65 bits per heavy atom. The lowest BCUT2D eigenvalue weighted by Gasteiger charge is -2.10. The molecule has 31 heavy (non-hydrogen) atoms. The van der Waals surface area contributed by atoms with Gasteiger partial charge in [-0.05, 0) is 36.2 Å². The molecule has 0 aliphatic heterocycles. The fourth-order valence-corrected chi connectivity index (χ4v) is 3.08. The van der Waals surface area contributed by atoms with E-state index >= 15 is 0 Å². The lowest BCUT2D eigenvalue weighted by Crippen LogP contribution is -2.21. The Labute approximate surface area is 193 Å². The maximum Gasteiger partial charge on any atom is 0.271 e. The summed E-state index contributed by atoms with van der Waals surface area (Å²) < 4.78 is 5.83.